The van der Waals surface area contributed by atoms with Crippen LogP contribution >= 0.6 is 11.3 Å². The second kappa shape index (κ2) is 6.23. The summed E-state index contributed by atoms with van der Waals surface area (Å²) in [5.41, 5.74) is 0.666. The van der Waals surface area contributed by atoms with E-state index in [4.69, 9.17) is 5.11 Å². The normalized spacial score (nSPS) is 11.2. The third kappa shape index (κ3) is 4.49. The predicted molar refractivity (Wildman–Crippen MR) is 77.5 cm³/mol. The SMILES string of the molecule is Cc1sc(NC(=O)NCCS(C)(=O)=O)c(C(=O)O)c1C. The number of carbonyl (C=O) groups excluding carboxylic acids is 1. The van der Waals surface area contributed by atoms with Crippen molar-refractivity contribution in [3.8, 4) is 0 Å². The van der Waals surface area contributed by atoms with E-state index in [9.17, 15) is 18.0 Å². The van der Waals surface area contributed by atoms with Gasteiger partial charge in [-0.1, -0.05) is 0 Å². The van der Waals surface area contributed by atoms with E-state index >= 15 is 0 Å². The molecule has 0 bridgehead atoms. The number of nitrogens with one attached hydrogen (secondary N) is 2. The Hall–Kier alpha value is -1.61. The third-order valence-electron chi connectivity index (χ3n) is 2.58. The van der Waals surface area contributed by atoms with Gasteiger partial charge in [-0.2, -0.15) is 0 Å². The van der Waals surface area contributed by atoms with Crippen molar-refractivity contribution in [1.82, 2.24) is 5.32 Å². The van der Waals surface area contributed by atoms with Crippen LogP contribution < -0.4 is 10.6 Å². The number of hydrogen-bond acceptors (Lipinski definition) is 5. The number of rotatable bonds is 5. The summed E-state index contributed by atoms with van der Waals surface area (Å²) < 4.78 is 21.8. The molecular formula is C11H16N2O5S2. The molecule has 3 N–H and O–H groups in total. The second-order valence-electron chi connectivity index (χ2n) is 4.30. The largest absolute Gasteiger partial charge is 0.478 e. The van der Waals surface area contributed by atoms with Crippen LogP contribution in [0.25, 0.3) is 0 Å². The predicted octanol–water partition coefficient (Wildman–Crippen LogP) is 1.23. The average Bonchev–Trinajstić information content (AvgIpc) is 2.52. The molecule has 1 rings (SSSR count). The average molecular weight is 320 g/mol. The zero-order chi connectivity index (χ0) is 15.5. The maximum Gasteiger partial charge on any atom is 0.338 e. The van der Waals surface area contributed by atoms with Crippen molar-refractivity contribution >= 4 is 38.2 Å². The van der Waals surface area contributed by atoms with E-state index in [0.717, 1.165) is 11.1 Å². The number of sulfone groups is 1. The molecule has 2 amide bonds. The van der Waals surface area contributed by atoms with E-state index in [1.54, 1.807) is 13.8 Å². The summed E-state index contributed by atoms with van der Waals surface area (Å²) in [6.07, 6.45) is 1.07. The summed E-state index contributed by atoms with van der Waals surface area (Å²) in [5, 5.41) is 14.2. The molecule has 1 aromatic heterocycles. The lowest BCUT2D eigenvalue weighted by Gasteiger charge is -2.06. The van der Waals surface area contributed by atoms with Crippen LogP contribution in [0.1, 0.15) is 20.8 Å². The summed E-state index contributed by atoms with van der Waals surface area (Å²) in [4.78, 5) is 23.5. The van der Waals surface area contributed by atoms with Gasteiger partial charge >= 0.3 is 12.0 Å². The monoisotopic (exact) mass is 320 g/mol. The van der Waals surface area contributed by atoms with Gasteiger partial charge in [0.2, 0.25) is 0 Å². The number of amides is 2. The number of carboxylic acids is 1. The van der Waals surface area contributed by atoms with Gasteiger partial charge in [-0.3, -0.25) is 5.32 Å². The van der Waals surface area contributed by atoms with Crippen LogP contribution in [-0.4, -0.2) is 44.1 Å². The highest BCUT2D eigenvalue weighted by molar-refractivity contribution is 7.90. The molecule has 112 valence electrons. The van der Waals surface area contributed by atoms with Crippen LogP contribution in [0.3, 0.4) is 0 Å². The molecule has 0 spiro atoms. The molecule has 0 aliphatic heterocycles. The smallest absolute Gasteiger partial charge is 0.338 e. The summed E-state index contributed by atoms with van der Waals surface area (Å²) in [6, 6.07) is -0.627. The van der Waals surface area contributed by atoms with Gasteiger partial charge in [-0.05, 0) is 19.4 Å². The highest BCUT2D eigenvalue weighted by atomic mass is 32.2. The fourth-order valence-corrected chi connectivity index (χ4v) is 2.99. The van der Waals surface area contributed by atoms with Crippen LogP contribution in [0.2, 0.25) is 0 Å². The summed E-state index contributed by atoms with van der Waals surface area (Å²) >= 11 is 1.17. The Morgan fingerprint density at radius 3 is 2.40 bits per heavy atom. The number of hydrogen-bond donors (Lipinski definition) is 3. The van der Waals surface area contributed by atoms with E-state index in [1.807, 2.05) is 0 Å². The summed E-state index contributed by atoms with van der Waals surface area (Å²) in [6.45, 7) is 3.40. The molecular weight excluding hydrogens is 304 g/mol. The minimum atomic E-state index is -3.15. The first kappa shape index (κ1) is 16.4. The molecule has 0 saturated carbocycles. The molecule has 0 aliphatic carbocycles. The Morgan fingerprint density at radius 1 is 1.30 bits per heavy atom. The van der Waals surface area contributed by atoms with E-state index in [-0.39, 0.29) is 22.9 Å². The lowest BCUT2D eigenvalue weighted by Crippen LogP contribution is -2.32. The summed E-state index contributed by atoms with van der Waals surface area (Å²) in [7, 11) is -3.15. The molecule has 1 aromatic rings. The van der Waals surface area contributed by atoms with E-state index < -0.39 is 21.8 Å². The molecule has 0 aromatic carbocycles. The molecule has 0 saturated heterocycles. The molecule has 1 heterocycles. The Labute approximate surface area is 120 Å². The fourth-order valence-electron chi connectivity index (χ4n) is 1.47. The second-order valence-corrected chi connectivity index (χ2v) is 7.79. The number of aromatic carboxylic acids is 1. The first-order chi connectivity index (χ1) is 9.11. The van der Waals surface area contributed by atoms with Crippen LogP contribution in [0, 0.1) is 13.8 Å². The molecule has 20 heavy (non-hydrogen) atoms. The zero-order valence-electron chi connectivity index (χ0n) is 11.3. The quantitative estimate of drug-likeness (QED) is 0.755. The molecule has 0 radical (unpaired) electrons. The fraction of sp³-hybridized carbons (Fsp3) is 0.455. The van der Waals surface area contributed by atoms with E-state index in [0.29, 0.717) is 5.56 Å². The number of anilines is 1. The van der Waals surface area contributed by atoms with Gasteiger partial charge in [0, 0.05) is 17.7 Å². The lowest BCUT2D eigenvalue weighted by molar-refractivity contribution is 0.0697. The van der Waals surface area contributed by atoms with Gasteiger partial charge < -0.3 is 10.4 Å². The third-order valence-corrected chi connectivity index (χ3v) is 4.65. The standard InChI is InChI=1S/C11H16N2O5S2/c1-6-7(2)19-9(8(6)10(14)15)13-11(16)12-4-5-20(3,17)18/h4-5H2,1-3H3,(H,14,15)(H2,12,13,16). The Kier molecular flexibility index (Phi) is 5.12. The van der Waals surface area contributed by atoms with Crippen LogP contribution in [0.4, 0.5) is 9.80 Å². The van der Waals surface area contributed by atoms with Crippen molar-refractivity contribution in [2.45, 2.75) is 13.8 Å². The highest BCUT2D eigenvalue weighted by Crippen LogP contribution is 2.32. The molecule has 0 aliphatic rings. The number of aryl methyl sites for hydroxylation is 1. The van der Waals surface area contributed by atoms with Gasteiger partial charge in [0.25, 0.3) is 0 Å². The van der Waals surface area contributed by atoms with Gasteiger partial charge in [-0.15, -0.1) is 11.3 Å². The van der Waals surface area contributed by atoms with Crippen molar-refractivity contribution in [2.75, 3.05) is 23.9 Å². The first-order valence-electron chi connectivity index (χ1n) is 5.67. The lowest BCUT2D eigenvalue weighted by atomic mass is 10.1. The molecule has 7 nitrogen and oxygen atoms in total. The first-order valence-corrected chi connectivity index (χ1v) is 8.55. The number of carboxylic acid groups (broad SMARTS) is 1. The van der Waals surface area contributed by atoms with Gasteiger partial charge in [0.15, 0.2) is 0 Å². The number of urea groups is 1. The Balaban J connectivity index is 2.72. The van der Waals surface area contributed by atoms with Gasteiger partial charge in [0.05, 0.1) is 11.3 Å². The van der Waals surface area contributed by atoms with Crippen LogP contribution in [0.5, 0.6) is 0 Å². The van der Waals surface area contributed by atoms with Crippen LogP contribution in [-0.2, 0) is 9.84 Å². The Morgan fingerprint density at radius 2 is 1.90 bits per heavy atom. The van der Waals surface area contributed by atoms with Crippen molar-refractivity contribution in [3.63, 3.8) is 0 Å². The highest BCUT2D eigenvalue weighted by Gasteiger charge is 2.20. The van der Waals surface area contributed by atoms with Crippen molar-refractivity contribution in [2.24, 2.45) is 0 Å². The van der Waals surface area contributed by atoms with Gasteiger partial charge in [0.1, 0.15) is 14.8 Å². The topological polar surface area (TPSA) is 113 Å². The van der Waals surface area contributed by atoms with Crippen molar-refractivity contribution < 1.29 is 23.1 Å². The van der Waals surface area contributed by atoms with Crippen LogP contribution in [0.15, 0.2) is 0 Å². The number of thiophene rings is 1. The molecule has 0 unspecified atom stereocenters. The summed E-state index contributed by atoms with van der Waals surface area (Å²) in [5.74, 6) is -1.28. The maximum atomic E-state index is 11.6. The minimum Gasteiger partial charge on any atom is -0.478 e. The molecule has 0 fully saturated rings. The number of carbonyl (C=O) groups is 2. The molecule has 0 atom stereocenters. The van der Waals surface area contributed by atoms with E-state index in [2.05, 4.69) is 10.6 Å². The maximum absolute atomic E-state index is 11.6. The zero-order valence-corrected chi connectivity index (χ0v) is 12.9. The van der Waals surface area contributed by atoms with Gasteiger partial charge in [-0.25, -0.2) is 18.0 Å². The van der Waals surface area contributed by atoms with Crippen molar-refractivity contribution in [3.05, 3.63) is 16.0 Å². The Bertz CT molecular complexity index is 633. The van der Waals surface area contributed by atoms with Crippen molar-refractivity contribution in [1.29, 1.82) is 0 Å². The van der Waals surface area contributed by atoms with E-state index in [1.165, 1.54) is 11.3 Å². The molecule has 9 heteroatoms. The minimum absolute atomic E-state index is 0.0313.